The fraction of sp³-hybridized carbons (Fsp3) is 0.111. The van der Waals surface area contributed by atoms with E-state index in [0.717, 1.165) is 11.1 Å². The van der Waals surface area contributed by atoms with Gasteiger partial charge in [0.1, 0.15) is 0 Å². The number of rotatable bonds is 5. The molecule has 2 aromatic carbocycles. The first-order valence-corrected chi connectivity index (χ1v) is 8.17. The highest BCUT2D eigenvalue weighted by Crippen LogP contribution is 2.21. The zero-order valence-electron chi connectivity index (χ0n) is 12.7. The third kappa shape index (κ3) is 4.37. The van der Waals surface area contributed by atoms with E-state index in [4.69, 9.17) is 23.2 Å². The van der Waals surface area contributed by atoms with Crippen LogP contribution in [0.3, 0.4) is 0 Å². The van der Waals surface area contributed by atoms with Crippen molar-refractivity contribution in [3.05, 3.63) is 82.0 Å². The van der Waals surface area contributed by atoms with Gasteiger partial charge in [-0.05, 0) is 23.3 Å². The second-order valence-corrected chi connectivity index (χ2v) is 6.19. The molecule has 0 bridgehead atoms. The first kappa shape index (κ1) is 16.6. The number of amides is 1. The second-order valence-electron chi connectivity index (χ2n) is 5.34. The molecule has 4 nitrogen and oxygen atoms in total. The van der Waals surface area contributed by atoms with Crippen molar-refractivity contribution in [2.45, 2.75) is 13.0 Å². The molecule has 1 N–H and O–H groups in total. The molecule has 0 saturated heterocycles. The summed E-state index contributed by atoms with van der Waals surface area (Å²) < 4.78 is 1.72. The lowest BCUT2D eigenvalue weighted by Gasteiger charge is -2.05. The molecule has 0 aliphatic carbocycles. The van der Waals surface area contributed by atoms with Crippen LogP contribution in [0.25, 0.3) is 0 Å². The highest BCUT2D eigenvalue weighted by Gasteiger charge is 2.08. The molecule has 0 saturated carbocycles. The van der Waals surface area contributed by atoms with Gasteiger partial charge in [-0.1, -0.05) is 59.6 Å². The van der Waals surface area contributed by atoms with Crippen LogP contribution in [-0.2, 0) is 17.8 Å². The smallest absolute Gasteiger partial charge is 0.229 e. The summed E-state index contributed by atoms with van der Waals surface area (Å²) in [5.74, 6) is 0.414. The van der Waals surface area contributed by atoms with E-state index in [0.29, 0.717) is 28.8 Å². The molecule has 0 spiro atoms. The normalized spacial score (nSPS) is 10.6. The Hall–Kier alpha value is -2.30. The number of carbonyl (C=O) groups excluding carboxylic acids is 1. The van der Waals surface area contributed by atoms with Crippen LogP contribution in [0.15, 0.2) is 60.8 Å². The van der Waals surface area contributed by atoms with Crippen molar-refractivity contribution < 1.29 is 4.79 Å². The number of hydrogen-bond donors (Lipinski definition) is 1. The summed E-state index contributed by atoms with van der Waals surface area (Å²) in [5, 5.41) is 8.32. The lowest BCUT2D eigenvalue weighted by Crippen LogP contribution is -2.15. The largest absolute Gasteiger partial charge is 0.309 e. The minimum absolute atomic E-state index is 0.101. The van der Waals surface area contributed by atoms with Gasteiger partial charge in [-0.25, -0.2) is 0 Å². The molecule has 1 aromatic heterocycles. The van der Waals surface area contributed by atoms with E-state index in [1.165, 1.54) is 0 Å². The van der Waals surface area contributed by atoms with Crippen molar-refractivity contribution in [1.82, 2.24) is 9.78 Å². The molecule has 0 aliphatic rings. The van der Waals surface area contributed by atoms with Crippen LogP contribution in [0.4, 0.5) is 5.82 Å². The molecule has 3 aromatic rings. The zero-order valence-corrected chi connectivity index (χ0v) is 14.3. The van der Waals surface area contributed by atoms with Crippen LogP contribution in [0.1, 0.15) is 11.1 Å². The van der Waals surface area contributed by atoms with Gasteiger partial charge in [-0.2, -0.15) is 5.10 Å². The maximum atomic E-state index is 12.0. The topological polar surface area (TPSA) is 46.9 Å². The Balaban J connectivity index is 1.62. The highest BCUT2D eigenvalue weighted by molar-refractivity contribution is 6.35. The molecule has 3 rings (SSSR count). The minimum Gasteiger partial charge on any atom is -0.309 e. The van der Waals surface area contributed by atoms with Crippen LogP contribution in [0, 0.1) is 0 Å². The molecule has 0 fully saturated rings. The van der Waals surface area contributed by atoms with Crippen LogP contribution < -0.4 is 5.32 Å². The summed E-state index contributed by atoms with van der Waals surface area (Å²) in [4.78, 5) is 12.0. The monoisotopic (exact) mass is 359 g/mol. The van der Waals surface area contributed by atoms with Crippen LogP contribution in [-0.4, -0.2) is 15.7 Å². The molecule has 1 amide bonds. The van der Waals surface area contributed by atoms with Gasteiger partial charge in [0.15, 0.2) is 5.82 Å². The number of benzene rings is 2. The van der Waals surface area contributed by atoms with Crippen molar-refractivity contribution in [3.63, 3.8) is 0 Å². The summed E-state index contributed by atoms with van der Waals surface area (Å²) in [5.41, 5.74) is 1.87. The first-order chi connectivity index (χ1) is 11.6. The average molecular weight is 360 g/mol. The van der Waals surface area contributed by atoms with E-state index < -0.39 is 0 Å². The lowest BCUT2D eigenvalue weighted by atomic mass is 10.1. The Kier molecular flexibility index (Phi) is 5.18. The average Bonchev–Trinajstić information content (AvgIpc) is 2.98. The van der Waals surface area contributed by atoms with Crippen molar-refractivity contribution in [2.24, 2.45) is 0 Å². The van der Waals surface area contributed by atoms with Gasteiger partial charge < -0.3 is 5.32 Å². The third-order valence-corrected chi connectivity index (χ3v) is 4.05. The quantitative estimate of drug-likeness (QED) is 0.732. The minimum atomic E-state index is -0.101. The molecule has 0 unspecified atom stereocenters. The van der Waals surface area contributed by atoms with Crippen molar-refractivity contribution >= 4 is 34.9 Å². The number of halogens is 2. The Morgan fingerprint density at radius 1 is 1.08 bits per heavy atom. The first-order valence-electron chi connectivity index (χ1n) is 7.41. The van der Waals surface area contributed by atoms with Gasteiger partial charge in [0, 0.05) is 22.3 Å². The van der Waals surface area contributed by atoms with E-state index >= 15 is 0 Å². The van der Waals surface area contributed by atoms with Crippen molar-refractivity contribution in [2.75, 3.05) is 5.32 Å². The van der Waals surface area contributed by atoms with Gasteiger partial charge in [0.2, 0.25) is 5.91 Å². The summed E-state index contributed by atoms with van der Waals surface area (Å²) in [7, 11) is 0. The van der Waals surface area contributed by atoms with E-state index in [1.807, 2.05) is 36.4 Å². The number of carbonyl (C=O) groups is 1. The van der Waals surface area contributed by atoms with Crippen LogP contribution >= 0.6 is 23.2 Å². The van der Waals surface area contributed by atoms with Crippen molar-refractivity contribution in [1.29, 1.82) is 0 Å². The van der Waals surface area contributed by atoms with Gasteiger partial charge in [-0.3, -0.25) is 9.48 Å². The Labute approximate surface area is 150 Å². The van der Waals surface area contributed by atoms with Gasteiger partial charge in [-0.15, -0.1) is 0 Å². The standard InChI is InChI=1S/C18H15Cl2N3O/c19-15-7-6-14(16(20)11-15)12-23-9-8-17(22-23)21-18(24)10-13-4-2-1-3-5-13/h1-9,11H,10,12H2,(H,21,22,24). The zero-order chi connectivity index (χ0) is 16.9. The Morgan fingerprint density at radius 2 is 1.88 bits per heavy atom. The number of nitrogens with one attached hydrogen (secondary N) is 1. The highest BCUT2D eigenvalue weighted by atomic mass is 35.5. The Bertz CT molecular complexity index is 846. The molecule has 6 heteroatoms. The van der Waals surface area contributed by atoms with E-state index in [9.17, 15) is 4.79 Å². The number of anilines is 1. The summed E-state index contributed by atoms with van der Waals surface area (Å²) in [6, 6.07) is 16.7. The molecule has 122 valence electrons. The fourth-order valence-electron chi connectivity index (χ4n) is 2.31. The molecule has 0 aliphatic heterocycles. The van der Waals surface area contributed by atoms with Gasteiger partial charge in [0.25, 0.3) is 0 Å². The summed E-state index contributed by atoms with van der Waals surface area (Å²) >= 11 is 12.1. The molecular formula is C18H15Cl2N3O. The Morgan fingerprint density at radius 3 is 2.62 bits per heavy atom. The number of hydrogen-bond acceptors (Lipinski definition) is 2. The third-order valence-electron chi connectivity index (χ3n) is 3.46. The maximum absolute atomic E-state index is 12.0. The number of aromatic nitrogens is 2. The van der Waals surface area contributed by atoms with Crippen molar-refractivity contribution in [3.8, 4) is 0 Å². The summed E-state index contributed by atoms with van der Waals surface area (Å²) in [6.07, 6.45) is 2.11. The van der Waals surface area contributed by atoms with Gasteiger partial charge >= 0.3 is 0 Å². The second kappa shape index (κ2) is 7.51. The molecule has 0 atom stereocenters. The predicted molar refractivity (Wildman–Crippen MR) is 96.6 cm³/mol. The SMILES string of the molecule is O=C(Cc1ccccc1)Nc1ccn(Cc2ccc(Cl)cc2Cl)n1. The van der Waals surface area contributed by atoms with Crippen LogP contribution in [0.2, 0.25) is 10.0 Å². The maximum Gasteiger partial charge on any atom is 0.229 e. The van der Waals surface area contributed by atoms with E-state index in [2.05, 4.69) is 10.4 Å². The molecular weight excluding hydrogens is 345 g/mol. The lowest BCUT2D eigenvalue weighted by molar-refractivity contribution is -0.115. The number of nitrogens with zero attached hydrogens (tertiary/aromatic N) is 2. The fourth-order valence-corrected chi connectivity index (χ4v) is 2.78. The molecule has 0 radical (unpaired) electrons. The summed E-state index contributed by atoms with van der Waals surface area (Å²) in [6.45, 7) is 0.505. The van der Waals surface area contributed by atoms with E-state index in [-0.39, 0.29) is 5.91 Å². The van der Waals surface area contributed by atoms with Gasteiger partial charge in [0.05, 0.1) is 13.0 Å². The molecule has 1 heterocycles. The van der Waals surface area contributed by atoms with E-state index in [1.54, 1.807) is 29.1 Å². The molecule has 24 heavy (non-hydrogen) atoms. The van der Waals surface area contributed by atoms with Crippen LogP contribution in [0.5, 0.6) is 0 Å². The predicted octanol–water partition coefficient (Wildman–Crippen LogP) is 4.42.